The fourth-order valence-electron chi connectivity index (χ4n) is 6.78. The van der Waals surface area contributed by atoms with Crippen LogP contribution in [0.2, 0.25) is 0 Å². The Labute approximate surface area is 419 Å². The molecule has 0 aliphatic heterocycles. The summed E-state index contributed by atoms with van der Waals surface area (Å²) in [4.78, 5) is 80.9. The lowest BCUT2D eigenvalue weighted by atomic mass is 10.0. The first-order chi connectivity index (χ1) is 33.3. The Hall–Kier alpha value is -4.20. The lowest BCUT2D eigenvalue weighted by Gasteiger charge is -2.24. The average Bonchev–Trinajstić information content (AvgIpc) is 3.29. The van der Waals surface area contributed by atoms with Crippen LogP contribution >= 0.6 is 0 Å². The molecule has 404 valence electrons. The highest BCUT2D eigenvalue weighted by Crippen LogP contribution is 2.18. The van der Waals surface area contributed by atoms with Gasteiger partial charge in [0.15, 0.2) is 6.10 Å². The summed E-state index contributed by atoms with van der Waals surface area (Å²) in [6.07, 6.45) is 12.2. The van der Waals surface area contributed by atoms with Gasteiger partial charge in [0.25, 0.3) is 0 Å². The molecule has 0 radical (unpaired) electrons. The molecule has 0 aliphatic rings. The van der Waals surface area contributed by atoms with Crippen LogP contribution in [0, 0.1) is 0 Å². The molecule has 0 saturated carbocycles. The van der Waals surface area contributed by atoms with E-state index in [1.807, 2.05) is 13.8 Å². The molecule has 0 fully saturated rings. The number of aliphatic hydroxyl groups excluding tert-OH is 3. The van der Waals surface area contributed by atoms with Gasteiger partial charge in [0.2, 0.25) is 0 Å². The quantitative estimate of drug-likeness (QED) is 0.0291. The molecule has 7 unspecified atom stereocenters. The van der Waals surface area contributed by atoms with Crippen molar-refractivity contribution in [2.75, 3.05) is 74.6 Å². The maximum atomic E-state index is 13.0. The second-order valence-electron chi connectivity index (χ2n) is 18.3. The van der Waals surface area contributed by atoms with E-state index in [9.17, 15) is 44.1 Å². The van der Waals surface area contributed by atoms with Crippen LogP contribution < -0.4 is 0 Å². The highest BCUT2D eigenvalue weighted by Gasteiger charge is 2.26. The van der Waals surface area contributed by atoms with Crippen LogP contribution in [0.3, 0.4) is 0 Å². The third-order valence-electron chi connectivity index (χ3n) is 10.9. The predicted molar refractivity (Wildman–Crippen MR) is 267 cm³/mol. The lowest BCUT2D eigenvalue weighted by molar-refractivity contribution is -0.165. The zero-order valence-electron chi connectivity index (χ0n) is 44.1. The van der Waals surface area contributed by atoms with Gasteiger partial charge in [0.1, 0.15) is 31.5 Å². The molecular formula is C52H91N3O15. The number of aliphatic hydroxyl groups is 3. The summed E-state index contributed by atoms with van der Waals surface area (Å²) in [5.41, 5.74) is 0. The number of ether oxygens (including phenoxy) is 6. The number of carbonyl (C=O) groups is 6. The van der Waals surface area contributed by atoms with E-state index in [-0.39, 0.29) is 58.2 Å². The van der Waals surface area contributed by atoms with Gasteiger partial charge in [-0.15, -0.1) is 0 Å². The van der Waals surface area contributed by atoms with E-state index in [2.05, 4.69) is 13.8 Å². The zero-order chi connectivity index (χ0) is 52.7. The highest BCUT2D eigenvalue weighted by atomic mass is 16.6. The summed E-state index contributed by atoms with van der Waals surface area (Å²) in [5, 5.41) is 32.6. The van der Waals surface area contributed by atoms with Gasteiger partial charge in [0.05, 0.1) is 57.2 Å². The molecule has 0 aromatic heterocycles. The molecule has 0 bridgehead atoms. The summed E-state index contributed by atoms with van der Waals surface area (Å²) >= 11 is 0. The van der Waals surface area contributed by atoms with Gasteiger partial charge in [-0.05, 0) is 99.6 Å². The largest absolute Gasteiger partial charge is 0.461 e. The van der Waals surface area contributed by atoms with Crippen LogP contribution in [0.25, 0.3) is 0 Å². The number of carbonyl (C=O) groups excluding carboxylic acids is 6. The fourth-order valence-corrected chi connectivity index (χ4v) is 6.78. The maximum absolute atomic E-state index is 13.0. The summed E-state index contributed by atoms with van der Waals surface area (Å²) in [6, 6.07) is 0. The van der Waals surface area contributed by atoms with Gasteiger partial charge < -0.3 is 43.7 Å². The van der Waals surface area contributed by atoms with E-state index in [0.29, 0.717) is 25.8 Å². The minimum Gasteiger partial charge on any atom is -0.461 e. The molecule has 0 rings (SSSR count). The third kappa shape index (κ3) is 35.8. The second-order valence-corrected chi connectivity index (χ2v) is 18.3. The van der Waals surface area contributed by atoms with Crippen molar-refractivity contribution < 1.29 is 72.5 Å². The Morgan fingerprint density at radius 1 is 0.429 bits per heavy atom. The molecule has 0 aliphatic carbocycles. The van der Waals surface area contributed by atoms with E-state index >= 15 is 0 Å². The van der Waals surface area contributed by atoms with Crippen LogP contribution in [-0.2, 0) is 57.2 Å². The first-order valence-corrected chi connectivity index (χ1v) is 25.4. The monoisotopic (exact) mass is 998 g/mol. The van der Waals surface area contributed by atoms with Gasteiger partial charge in [-0.3, -0.25) is 43.5 Å². The minimum absolute atomic E-state index is 0.0701. The van der Waals surface area contributed by atoms with Gasteiger partial charge in [0, 0.05) is 0 Å². The Kier molecular flexibility index (Phi) is 38.9. The Morgan fingerprint density at radius 3 is 1.07 bits per heavy atom. The topological polar surface area (TPSA) is 228 Å². The average molecular weight is 998 g/mol. The third-order valence-corrected chi connectivity index (χ3v) is 10.9. The fraction of sp³-hybridized carbons (Fsp3) is 0.769. The second kappa shape index (κ2) is 41.4. The van der Waals surface area contributed by atoms with Crippen molar-refractivity contribution in [2.24, 2.45) is 0 Å². The number of hydrogen-bond donors (Lipinski definition) is 3. The summed E-state index contributed by atoms with van der Waals surface area (Å²) in [5.74, 6) is -3.40. The molecule has 0 spiro atoms. The normalized spacial score (nSPS) is 15.0. The Balaban J connectivity index is 5.72. The van der Waals surface area contributed by atoms with Crippen molar-refractivity contribution in [3.63, 3.8) is 0 Å². The van der Waals surface area contributed by atoms with Crippen LogP contribution in [0.5, 0.6) is 0 Å². The van der Waals surface area contributed by atoms with E-state index in [4.69, 9.17) is 28.4 Å². The molecule has 18 heteroatoms. The summed E-state index contributed by atoms with van der Waals surface area (Å²) < 4.78 is 33.1. The van der Waals surface area contributed by atoms with E-state index < -0.39 is 91.8 Å². The SMILES string of the molecule is CCCCCC(OC(=O)CN(C)C)C(O)C/C=C/CC(=O)OCC(COC(=O)C/C=C/CC(O)C(CCCCC)OC(=O)CN(C)CC)OC(=O)C/C=C/CC(O)C(CCCCC)OC(=O)CN(C)C. The molecular weight excluding hydrogens is 907 g/mol. The molecule has 0 amide bonds. The number of rotatable bonds is 42. The van der Waals surface area contributed by atoms with E-state index in [1.165, 1.54) is 18.2 Å². The van der Waals surface area contributed by atoms with Crippen molar-refractivity contribution in [2.45, 2.75) is 186 Å². The first-order valence-electron chi connectivity index (χ1n) is 25.4. The number of hydrogen-bond acceptors (Lipinski definition) is 18. The molecule has 0 saturated heterocycles. The van der Waals surface area contributed by atoms with E-state index in [0.717, 1.165) is 57.8 Å². The zero-order valence-corrected chi connectivity index (χ0v) is 44.1. The predicted octanol–water partition coefficient (Wildman–Crippen LogP) is 5.63. The van der Waals surface area contributed by atoms with Gasteiger partial charge in [-0.2, -0.15) is 0 Å². The summed E-state index contributed by atoms with van der Waals surface area (Å²) in [6.45, 7) is 8.11. The number of esters is 6. The standard InChI is InChI=1S/C52H91N3O15/c1-10-14-17-29-44(68-50(62)35-53(5)6)41(56)26-20-23-32-47(59)65-38-40(67-49(61)34-25-22-28-42(57)45(30-18-15-11-2)69-51(63)36-54(7)8)39-66-48(60)33-24-21-27-43(58)46(31-19-16-12-3)70-52(64)37-55(9)13-4/h20-25,40-46,56-58H,10-19,26-39H2,1-9H3/b23-20+,24-21+,25-22+. The Bertz CT molecular complexity index is 1540. The molecule has 70 heavy (non-hydrogen) atoms. The van der Waals surface area contributed by atoms with Crippen LogP contribution in [0.1, 0.15) is 143 Å². The van der Waals surface area contributed by atoms with Crippen LogP contribution in [0.4, 0.5) is 0 Å². The van der Waals surface area contributed by atoms with Crippen molar-refractivity contribution in [3.8, 4) is 0 Å². The molecule has 7 atom stereocenters. The smallest absolute Gasteiger partial charge is 0.320 e. The van der Waals surface area contributed by atoms with Gasteiger partial charge in [-0.1, -0.05) is 103 Å². The molecule has 18 nitrogen and oxygen atoms in total. The van der Waals surface area contributed by atoms with Crippen molar-refractivity contribution in [1.29, 1.82) is 0 Å². The Morgan fingerprint density at radius 2 is 0.757 bits per heavy atom. The van der Waals surface area contributed by atoms with Crippen LogP contribution in [0.15, 0.2) is 36.5 Å². The molecule has 0 aromatic rings. The van der Waals surface area contributed by atoms with Gasteiger partial charge >= 0.3 is 35.8 Å². The number of unbranched alkanes of at least 4 members (excludes halogenated alkanes) is 6. The molecule has 0 heterocycles. The minimum atomic E-state index is -1.18. The number of nitrogens with zero attached hydrogens (tertiary/aromatic N) is 3. The molecule has 3 N–H and O–H groups in total. The van der Waals surface area contributed by atoms with Crippen molar-refractivity contribution in [1.82, 2.24) is 14.7 Å². The van der Waals surface area contributed by atoms with Crippen molar-refractivity contribution in [3.05, 3.63) is 36.5 Å². The number of likely N-dealkylation sites (N-methyl/N-ethyl adjacent to an activating group) is 3. The highest BCUT2D eigenvalue weighted by molar-refractivity contribution is 5.74. The van der Waals surface area contributed by atoms with Crippen LogP contribution in [-0.4, -0.2) is 183 Å². The van der Waals surface area contributed by atoms with E-state index in [1.54, 1.807) is 68.2 Å². The lowest BCUT2D eigenvalue weighted by Crippen LogP contribution is -2.35. The molecule has 0 aromatic carbocycles. The van der Waals surface area contributed by atoms with Crippen molar-refractivity contribution >= 4 is 35.8 Å². The maximum Gasteiger partial charge on any atom is 0.320 e. The first kappa shape index (κ1) is 65.8. The van der Waals surface area contributed by atoms with Gasteiger partial charge in [-0.25, -0.2) is 0 Å². The summed E-state index contributed by atoms with van der Waals surface area (Å²) in [7, 11) is 8.78.